The van der Waals surface area contributed by atoms with E-state index < -0.39 is 7.14 Å². The largest absolute Gasteiger partial charge is 0.462 e. The zero-order valence-electron chi connectivity index (χ0n) is 40.5. The fourth-order valence-electron chi connectivity index (χ4n) is 9.12. The van der Waals surface area contributed by atoms with Crippen molar-refractivity contribution in [3.63, 3.8) is 0 Å². The van der Waals surface area contributed by atoms with E-state index in [4.69, 9.17) is 9.47 Å². The van der Waals surface area contributed by atoms with E-state index in [0.717, 1.165) is 86.3 Å². The maximum absolute atomic E-state index is 16.6. The van der Waals surface area contributed by atoms with E-state index in [0.29, 0.717) is 50.3 Å². The van der Waals surface area contributed by atoms with Gasteiger partial charge < -0.3 is 19.3 Å². The van der Waals surface area contributed by atoms with Crippen molar-refractivity contribution in [2.24, 2.45) is 0 Å². The molecular formula is C61H56N2O5PS2+. The van der Waals surface area contributed by atoms with Crippen LogP contribution in [0.1, 0.15) is 53.1 Å². The second-order valence-corrected chi connectivity index (χ2v) is 22.6. The summed E-state index contributed by atoms with van der Waals surface area (Å²) in [5.41, 5.74) is 10.5. The lowest BCUT2D eigenvalue weighted by Crippen LogP contribution is -2.34. The summed E-state index contributed by atoms with van der Waals surface area (Å²) < 4.78 is 27.5. The van der Waals surface area contributed by atoms with E-state index in [9.17, 15) is 9.59 Å². The van der Waals surface area contributed by atoms with Crippen molar-refractivity contribution in [1.29, 1.82) is 0 Å². The highest BCUT2D eigenvalue weighted by molar-refractivity contribution is 7.86. The normalized spacial score (nSPS) is 12.4. The van der Waals surface area contributed by atoms with Gasteiger partial charge >= 0.3 is 11.9 Å². The molecule has 1 aliphatic heterocycles. The minimum atomic E-state index is -3.42. The van der Waals surface area contributed by atoms with Gasteiger partial charge in [-0.1, -0.05) is 92.0 Å². The average molecular weight is 992 g/mol. The lowest BCUT2D eigenvalue weighted by atomic mass is 9.88. The minimum absolute atomic E-state index is 0.292. The molecule has 2 aromatic heterocycles. The van der Waals surface area contributed by atoms with Crippen LogP contribution in [0.3, 0.4) is 0 Å². The molecule has 3 heterocycles. The van der Waals surface area contributed by atoms with Crippen LogP contribution in [0.15, 0.2) is 194 Å². The number of aryl methyl sites for hydroxylation is 2. The van der Waals surface area contributed by atoms with Gasteiger partial charge in [0.15, 0.2) is 0 Å². The lowest BCUT2D eigenvalue weighted by Gasteiger charge is -2.25. The minimum Gasteiger partial charge on any atom is -0.462 e. The molecule has 10 heteroatoms. The quantitative estimate of drug-likeness (QED) is 0.0279. The standard InChI is InChI=1S/C61H56N2O5PS2/c1-41(2)60(64)67-37-17-35-62(47-21-10-7-11-22-47)49-31-27-45(28-32-49)54-39-52-58(70-54)57(56-43(5)19-16-20-44(56)6)59-53(69(52,66)51-25-14-9-15-26-51)40-55(71-59)46-29-33-50(34-30-46)63(48-23-12-8-13-24-48)36-18-38-68-61(65)42(3)4/h7-16,19-34,39-40H,1,3,17-18,35-38H2,2,4-6H3/q+1. The van der Waals surface area contributed by atoms with Gasteiger partial charge in [0.25, 0.3) is 0 Å². The van der Waals surface area contributed by atoms with Crippen LogP contribution in [-0.2, 0) is 23.6 Å². The Bertz CT molecular complexity index is 3060. The second-order valence-electron chi connectivity index (χ2n) is 17.8. The molecule has 356 valence electrons. The van der Waals surface area contributed by atoms with Gasteiger partial charge in [0, 0.05) is 85.3 Å². The molecule has 0 saturated heterocycles. The first-order valence-corrected chi connectivity index (χ1v) is 27.2. The van der Waals surface area contributed by atoms with Crippen LogP contribution in [0.4, 0.5) is 22.7 Å². The highest BCUT2D eigenvalue weighted by Crippen LogP contribution is 2.58. The summed E-state index contributed by atoms with van der Waals surface area (Å²) in [5.74, 6) is 0.367. The Labute approximate surface area is 425 Å². The van der Waals surface area contributed by atoms with Crippen molar-refractivity contribution < 1.29 is 23.6 Å². The van der Waals surface area contributed by atoms with Gasteiger partial charge in [0.1, 0.15) is 9.75 Å². The third-order valence-corrected chi connectivity index (χ3v) is 18.5. The van der Waals surface area contributed by atoms with Gasteiger partial charge in [-0.15, -0.1) is 22.7 Å². The molecule has 0 bridgehead atoms. The third-order valence-electron chi connectivity index (χ3n) is 12.7. The van der Waals surface area contributed by atoms with E-state index in [-0.39, 0.29) is 11.9 Å². The Morgan fingerprint density at radius 3 is 1.31 bits per heavy atom. The highest BCUT2D eigenvalue weighted by atomic mass is 32.1. The molecule has 0 saturated carbocycles. The number of ether oxygens (including phenoxy) is 2. The molecule has 0 N–H and O–H groups in total. The molecule has 0 atom stereocenters. The van der Waals surface area contributed by atoms with Crippen LogP contribution in [0.25, 0.3) is 20.9 Å². The Balaban J connectivity index is 1.09. The zero-order valence-corrected chi connectivity index (χ0v) is 43.0. The molecule has 0 amide bonds. The number of benzene rings is 6. The first-order chi connectivity index (χ1) is 34.4. The Hall–Kier alpha value is -7.16. The molecule has 9 rings (SSSR count). The van der Waals surface area contributed by atoms with Crippen molar-refractivity contribution in [2.45, 2.75) is 40.5 Å². The summed E-state index contributed by atoms with van der Waals surface area (Å²) in [6.07, 6.45) is 1.28. The fourth-order valence-corrected chi connectivity index (χ4v) is 15.5. The topological polar surface area (TPSA) is 76.2 Å². The molecule has 6 aromatic carbocycles. The van der Waals surface area contributed by atoms with Crippen LogP contribution in [0, 0.1) is 19.8 Å². The number of esters is 2. The Kier molecular flexibility index (Phi) is 14.8. The Morgan fingerprint density at radius 1 is 0.535 bits per heavy atom. The third kappa shape index (κ3) is 10.2. The average Bonchev–Trinajstić information content (AvgIpc) is 4.05. The van der Waals surface area contributed by atoms with Crippen molar-refractivity contribution in [3.8, 4) is 20.9 Å². The number of carbonyl (C=O) groups excluding carboxylic acids is 2. The van der Waals surface area contributed by atoms with Crippen molar-refractivity contribution in [2.75, 3.05) is 36.1 Å². The van der Waals surface area contributed by atoms with Gasteiger partial charge in [-0.3, -0.25) is 4.57 Å². The van der Waals surface area contributed by atoms with Crippen LogP contribution in [-0.4, -0.2) is 38.2 Å². The molecule has 8 aromatic rings. The van der Waals surface area contributed by atoms with Crippen LogP contribution in [0.2, 0.25) is 0 Å². The number of thiophene rings is 2. The van der Waals surface area contributed by atoms with E-state index in [1.54, 1.807) is 36.5 Å². The SMILES string of the molecule is C=C(C)C(=O)OCCCN(c1ccccc1)c1ccc(-c2cc3c(s2)[C+](c2c(C)cccc2C)c2sc(-c4ccc(N(CCCOC(=O)C(=C)C)c5ccccc5)cc4)cc2P3(=O)c2ccccc2)cc1. The van der Waals surface area contributed by atoms with E-state index in [2.05, 4.69) is 140 Å². The van der Waals surface area contributed by atoms with Gasteiger partial charge in [-0.25, -0.2) is 9.59 Å². The summed E-state index contributed by atoms with van der Waals surface area (Å²) in [4.78, 5) is 32.9. The number of fused-ring (bicyclic) bond motifs is 2. The van der Waals surface area contributed by atoms with Crippen molar-refractivity contribution in [3.05, 3.63) is 227 Å². The number of hydrogen-bond donors (Lipinski definition) is 0. The number of rotatable bonds is 18. The van der Waals surface area contributed by atoms with Crippen LogP contribution in [0.5, 0.6) is 0 Å². The van der Waals surface area contributed by atoms with E-state index in [1.165, 1.54) is 5.56 Å². The second kappa shape index (κ2) is 21.5. The fraction of sp³-hybridized carbons (Fsp3) is 0.164. The molecular weight excluding hydrogens is 936 g/mol. The molecule has 71 heavy (non-hydrogen) atoms. The van der Waals surface area contributed by atoms with E-state index >= 15 is 4.57 Å². The van der Waals surface area contributed by atoms with Gasteiger partial charge in [0.05, 0.1) is 35.3 Å². The van der Waals surface area contributed by atoms with E-state index in [1.807, 2.05) is 66.7 Å². The molecule has 7 nitrogen and oxygen atoms in total. The molecule has 0 spiro atoms. The van der Waals surface area contributed by atoms with Crippen molar-refractivity contribution >= 4 is 80.4 Å². The summed E-state index contributed by atoms with van der Waals surface area (Å²) >= 11 is 3.42. The number of para-hydroxylation sites is 2. The maximum atomic E-state index is 16.6. The van der Waals surface area contributed by atoms with Gasteiger partial charge in [-0.2, -0.15) is 0 Å². The zero-order chi connectivity index (χ0) is 49.6. The van der Waals surface area contributed by atoms with Crippen molar-refractivity contribution in [1.82, 2.24) is 0 Å². The summed E-state index contributed by atoms with van der Waals surface area (Å²) in [5, 5.41) is 2.53. The number of carbonyl (C=O) groups is 2. The Morgan fingerprint density at radius 2 is 0.915 bits per heavy atom. The van der Waals surface area contributed by atoms with Gasteiger partial charge in [-0.05, 0) is 131 Å². The maximum Gasteiger partial charge on any atom is 0.333 e. The molecule has 0 aliphatic carbocycles. The predicted octanol–water partition coefficient (Wildman–Crippen LogP) is 14.0. The first-order valence-electron chi connectivity index (χ1n) is 23.8. The molecule has 0 radical (unpaired) electrons. The lowest BCUT2D eigenvalue weighted by molar-refractivity contribution is -0.139. The van der Waals surface area contributed by atoms with Gasteiger partial charge in [0.2, 0.25) is 7.14 Å². The van der Waals surface area contributed by atoms with Crippen LogP contribution >= 0.6 is 29.8 Å². The number of hydrogen-bond acceptors (Lipinski definition) is 9. The molecule has 1 aliphatic rings. The highest BCUT2D eigenvalue weighted by Gasteiger charge is 2.51. The summed E-state index contributed by atoms with van der Waals surface area (Å²) in [6.45, 7) is 16.9. The summed E-state index contributed by atoms with van der Waals surface area (Å²) in [7, 11) is -3.42. The first kappa shape index (κ1) is 48.8. The monoisotopic (exact) mass is 991 g/mol. The predicted molar refractivity (Wildman–Crippen MR) is 297 cm³/mol. The number of anilines is 4. The molecule has 0 fully saturated rings. The smallest absolute Gasteiger partial charge is 0.333 e. The molecule has 0 unspecified atom stereocenters. The van der Waals surface area contributed by atoms with Crippen LogP contribution < -0.4 is 25.7 Å². The number of nitrogens with zero attached hydrogens (tertiary/aromatic N) is 2. The summed E-state index contributed by atoms with van der Waals surface area (Å²) in [6, 6.07) is 58.5.